The molecule has 3 rings (SSSR count). The Hall–Kier alpha value is -3.35. The third kappa shape index (κ3) is 4.35. The molecule has 0 saturated heterocycles. The van der Waals surface area contributed by atoms with E-state index in [1.54, 1.807) is 24.7 Å². The van der Waals surface area contributed by atoms with E-state index in [0.717, 1.165) is 11.6 Å². The minimum absolute atomic E-state index is 0.0958. The fourth-order valence-electron chi connectivity index (χ4n) is 2.15. The van der Waals surface area contributed by atoms with Crippen LogP contribution in [0.25, 0.3) is 0 Å². The Morgan fingerprint density at radius 1 is 1.00 bits per heavy atom. The van der Waals surface area contributed by atoms with Crippen LogP contribution in [-0.4, -0.2) is 15.9 Å². The molecule has 0 aliphatic rings. The van der Waals surface area contributed by atoms with Crippen molar-refractivity contribution in [1.29, 1.82) is 0 Å². The van der Waals surface area contributed by atoms with Crippen molar-refractivity contribution in [2.75, 3.05) is 10.6 Å². The van der Waals surface area contributed by atoms with Gasteiger partial charge in [-0.25, -0.2) is 8.78 Å². The molecule has 0 aliphatic heterocycles. The molecule has 5 nitrogen and oxygen atoms in total. The van der Waals surface area contributed by atoms with E-state index in [2.05, 4.69) is 20.6 Å². The van der Waals surface area contributed by atoms with Crippen molar-refractivity contribution in [3.8, 4) is 0 Å². The Bertz CT molecular complexity index is 887. The molecule has 7 heteroatoms. The van der Waals surface area contributed by atoms with Crippen LogP contribution in [0.5, 0.6) is 0 Å². The third-order valence-corrected chi connectivity index (χ3v) is 3.43. The fraction of sp³-hybridized carbons (Fsp3) is 0.0556. The molecule has 0 aliphatic carbocycles. The number of pyridine rings is 2. The molecule has 0 atom stereocenters. The maximum Gasteiger partial charge on any atom is 0.257 e. The van der Waals surface area contributed by atoms with Crippen LogP contribution in [-0.2, 0) is 6.54 Å². The summed E-state index contributed by atoms with van der Waals surface area (Å²) in [5, 5.41) is 5.54. The maximum absolute atomic E-state index is 13.6. The summed E-state index contributed by atoms with van der Waals surface area (Å²) in [6.07, 6.45) is 6.33. The second-order valence-corrected chi connectivity index (χ2v) is 5.25. The number of anilines is 2. The topological polar surface area (TPSA) is 66.9 Å². The zero-order valence-electron chi connectivity index (χ0n) is 13.0. The first-order valence-electron chi connectivity index (χ1n) is 7.46. The van der Waals surface area contributed by atoms with Gasteiger partial charge in [-0.2, -0.15) is 0 Å². The molecule has 2 heterocycles. The van der Waals surface area contributed by atoms with Crippen LogP contribution in [0.3, 0.4) is 0 Å². The zero-order chi connectivity index (χ0) is 17.6. The van der Waals surface area contributed by atoms with Crippen LogP contribution < -0.4 is 10.6 Å². The van der Waals surface area contributed by atoms with E-state index in [-0.39, 0.29) is 11.3 Å². The minimum Gasteiger partial charge on any atom is -0.380 e. The number of carbonyl (C=O) groups excluding carboxylic acids is 1. The lowest BCUT2D eigenvalue weighted by atomic mass is 10.2. The van der Waals surface area contributed by atoms with Gasteiger partial charge >= 0.3 is 0 Å². The summed E-state index contributed by atoms with van der Waals surface area (Å²) in [7, 11) is 0. The number of carbonyl (C=O) groups is 1. The molecule has 2 N–H and O–H groups in total. The molecular formula is C18H14F2N4O. The number of nitrogens with one attached hydrogen (secondary N) is 2. The van der Waals surface area contributed by atoms with E-state index in [9.17, 15) is 13.6 Å². The lowest BCUT2D eigenvalue weighted by molar-refractivity contribution is 0.102. The number of rotatable bonds is 5. The molecule has 0 fully saturated rings. The number of halogens is 2. The van der Waals surface area contributed by atoms with Crippen LogP contribution in [0.15, 0.2) is 61.2 Å². The van der Waals surface area contributed by atoms with Gasteiger partial charge in [0.25, 0.3) is 5.91 Å². The van der Waals surface area contributed by atoms with Gasteiger partial charge in [0.1, 0.15) is 11.6 Å². The monoisotopic (exact) mass is 340 g/mol. The molecule has 0 bridgehead atoms. The van der Waals surface area contributed by atoms with Crippen molar-refractivity contribution in [2.45, 2.75) is 6.54 Å². The normalized spacial score (nSPS) is 10.3. The molecule has 0 saturated carbocycles. The van der Waals surface area contributed by atoms with Crippen molar-refractivity contribution < 1.29 is 13.6 Å². The van der Waals surface area contributed by atoms with Gasteiger partial charge in [-0.05, 0) is 35.9 Å². The number of amides is 1. The Morgan fingerprint density at radius 2 is 1.80 bits per heavy atom. The molecule has 3 aromatic rings. The second kappa shape index (κ2) is 7.48. The Kier molecular flexibility index (Phi) is 4.94. The van der Waals surface area contributed by atoms with E-state index >= 15 is 0 Å². The van der Waals surface area contributed by atoms with Crippen molar-refractivity contribution in [3.05, 3.63) is 83.9 Å². The largest absolute Gasteiger partial charge is 0.380 e. The van der Waals surface area contributed by atoms with E-state index in [1.165, 1.54) is 12.3 Å². The first-order valence-corrected chi connectivity index (χ1v) is 7.46. The van der Waals surface area contributed by atoms with Crippen LogP contribution in [0, 0.1) is 11.6 Å². The first-order chi connectivity index (χ1) is 12.1. The molecule has 2 aromatic heterocycles. The average molecular weight is 340 g/mol. The van der Waals surface area contributed by atoms with Crippen molar-refractivity contribution in [1.82, 2.24) is 9.97 Å². The fourth-order valence-corrected chi connectivity index (χ4v) is 2.15. The average Bonchev–Trinajstić information content (AvgIpc) is 2.63. The molecule has 0 unspecified atom stereocenters. The van der Waals surface area contributed by atoms with Gasteiger partial charge < -0.3 is 10.6 Å². The smallest absolute Gasteiger partial charge is 0.257 e. The van der Waals surface area contributed by atoms with Crippen molar-refractivity contribution >= 4 is 17.3 Å². The Labute approximate surface area is 142 Å². The lowest BCUT2D eigenvalue weighted by Crippen LogP contribution is -2.14. The molecule has 1 amide bonds. The van der Waals surface area contributed by atoms with Crippen molar-refractivity contribution in [3.63, 3.8) is 0 Å². The highest BCUT2D eigenvalue weighted by molar-refractivity contribution is 6.04. The summed E-state index contributed by atoms with van der Waals surface area (Å²) in [5.74, 6) is -2.08. The molecule has 1 aromatic carbocycles. The standard InChI is InChI=1S/C18H14F2N4O/c19-14-1-2-17(16(20)8-14)24-18(25)13-7-15(11-22-10-13)23-9-12-3-5-21-6-4-12/h1-8,10-11,23H,9H2,(H,24,25). The van der Waals surface area contributed by atoms with Gasteiger partial charge in [0.05, 0.1) is 16.9 Å². The highest BCUT2D eigenvalue weighted by Gasteiger charge is 2.11. The van der Waals surface area contributed by atoms with E-state index in [4.69, 9.17) is 0 Å². The predicted octanol–water partition coefficient (Wildman–Crippen LogP) is 3.62. The molecule has 0 radical (unpaired) electrons. The summed E-state index contributed by atoms with van der Waals surface area (Å²) < 4.78 is 26.5. The predicted molar refractivity (Wildman–Crippen MR) is 90.1 cm³/mol. The van der Waals surface area contributed by atoms with Gasteiger partial charge in [0.15, 0.2) is 0 Å². The highest BCUT2D eigenvalue weighted by atomic mass is 19.1. The second-order valence-electron chi connectivity index (χ2n) is 5.25. The minimum atomic E-state index is -0.840. The molecule has 0 spiro atoms. The summed E-state index contributed by atoms with van der Waals surface area (Å²) in [4.78, 5) is 20.2. The first kappa shape index (κ1) is 16.5. The maximum atomic E-state index is 13.6. The van der Waals surface area contributed by atoms with Crippen LogP contribution in [0.4, 0.5) is 20.2 Å². The molecule has 126 valence electrons. The SMILES string of the molecule is O=C(Nc1ccc(F)cc1F)c1cncc(NCc2ccncc2)c1. The Morgan fingerprint density at radius 3 is 2.56 bits per heavy atom. The van der Waals surface area contributed by atoms with Crippen LogP contribution >= 0.6 is 0 Å². The quantitative estimate of drug-likeness (QED) is 0.744. The number of hydrogen-bond acceptors (Lipinski definition) is 4. The van der Waals surface area contributed by atoms with Gasteiger partial charge in [-0.3, -0.25) is 14.8 Å². The van der Waals surface area contributed by atoms with Gasteiger partial charge in [0, 0.05) is 37.4 Å². The summed E-state index contributed by atoms with van der Waals surface area (Å²) in [6.45, 7) is 0.544. The third-order valence-electron chi connectivity index (χ3n) is 3.43. The summed E-state index contributed by atoms with van der Waals surface area (Å²) in [6, 6.07) is 8.29. The summed E-state index contributed by atoms with van der Waals surface area (Å²) >= 11 is 0. The Balaban J connectivity index is 1.69. The highest BCUT2D eigenvalue weighted by Crippen LogP contribution is 2.17. The van der Waals surface area contributed by atoms with Gasteiger partial charge in [0.2, 0.25) is 0 Å². The molecule has 25 heavy (non-hydrogen) atoms. The van der Waals surface area contributed by atoms with E-state index in [0.29, 0.717) is 18.3 Å². The number of aromatic nitrogens is 2. The van der Waals surface area contributed by atoms with Crippen molar-refractivity contribution in [2.24, 2.45) is 0 Å². The zero-order valence-corrected chi connectivity index (χ0v) is 13.0. The number of benzene rings is 1. The lowest BCUT2D eigenvalue weighted by Gasteiger charge is -2.09. The van der Waals surface area contributed by atoms with Crippen LogP contribution in [0.1, 0.15) is 15.9 Å². The summed E-state index contributed by atoms with van der Waals surface area (Å²) in [5.41, 5.74) is 1.83. The molecular weight excluding hydrogens is 326 g/mol. The van der Waals surface area contributed by atoms with Gasteiger partial charge in [-0.1, -0.05) is 0 Å². The number of hydrogen-bond donors (Lipinski definition) is 2. The van der Waals surface area contributed by atoms with Gasteiger partial charge in [-0.15, -0.1) is 0 Å². The van der Waals surface area contributed by atoms with Crippen LogP contribution in [0.2, 0.25) is 0 Å². The van der Waals surface area contributed by atoms with E-state index in [1.807, 2.05) is 12.1 Å². The number of nitrogens with zero attached hydrogens (tertiary/aromatic N) is 2. The van der Waals surface area contributed by atoms with E-state index < -0.39 is 17.5 Å².